The number of methoxy groups -OCH3 is 1. The summed E-state index contributed by atoms with van der Waals surface area (Å²) in [6, 6.07) is 5.70. The van der Waals surface area contributed by atoms with E-state index < -0.39 is 5.97 Å². The Labute approximate surface area is 114 Å². The highest BCUT2D eigenvalue weighted by Gasteiger charge is 2.28. The molecule has 1 unspecified atom stereocenters. The van der Waals surface area contributed by atoms with Crippen molar-refractivity contribution in [3.63, 3.8) is 0 Å². The van der Waals surface area contributed by atoms with Crippen molar-refractivity contribution in [2.24, 2.45) is 0 Å². The molecule has 1 saturated heterocycles. The maximum atomic E-state index is 11.3. The predicted octanol–water partition coefficient (Wildman–Crippen LogP) is 2.44. The van der Waals surface area contributed by atoms with Crippen LogP contribution in [0.5, 0.6) is 5.75 Å². The summed E-state index contributed by atoms with van der Waals surface area (Å²) >= 11 is 0. The Hall–Kier alpha value is -1.55. The molecular formula is C15H21NO3. The molecule has 4 heteroatoms. The van der Waals surface area contributed by atoms with E-state index in [-0.39, 0.29) is 6.04 Å². The Morgan fingerprint density at radius 3 is 2.89 bits per heavy atom. The van der Waals surface area contributed by atoms with Gasteiger partial charge in [-0.25, -0.2) is 0 Å². The van der Waals surface area contributed by atoms with Gasteiger partial charge in [0.25, 0.3) is 0 Å². The number of rotatable bonds is 4. The van der Waals surface area contributed by atoms with Crippen molar-refractivity contribution in [2.75, 3.05) is 13.7 Å². The van der Waals surface area contributed by atoms with Gasteiger partial charge in [-0.2, -0.15) is 0 Å². The summed E-state index contributed by atoms with van der Waals surface area (Å²) in [6.45, 7) is 3.57. The van der Waals surface area contributed by atoms with Crippen LogP contribution in [0.2, 0.25) is 0 Å². The zero-order chi connectivity index (χ0) is 13.8. The molecule has 0 spiro atoms. The molecular weight excluding hydrogens is 242 g/mol. The lowest BCUT2D eigenvalue weighted by Crippen LogP contribution is -2.43. The van der Waals surface area contributed by atoms with Gasteiger partial charge < -0.3 is 9.84 Å². The highest BCUT2D eigenvalue weighted by atomic mass is 16.5. The molecule has 0 aliphatic carbocycles. The smallest absolute Gasteiger partial charge is 0.320 e. The summed E-state index contributed by atoms with van der Waals surface area (Å²) in [5.41, 5.74) is 2.23. The third-order valence-electron chi connectivity index (χ3n) is 3.74. The lowest BCUT2D eigenvalue weighted by Gasteiger charge is -2.32. The molecule has 0 bridgehead atoms. The molecule has 104 valence electrons. The number of benzene rings is 1. The van der Waals surface area contributed by atoms with Gasteiger partial charge >= 0.3 is 5.97 Å². The van der Waals surface area contributed by atoms with Crippen LogP contribution < -0.4 is 4.74 Å². The fourth-order valence-electron chi connectivity index (χ4n) is 2.73. The van der Waals surface area contributed by atoms with E-state index in [2.05, 4.69) is 11.0 Å². The number of aryl methyl sites for hydroxylation is 1. The van der Waals surface area contributed by atoms with Crippen molar-refractivity contribution in [3.8, 4) is 5.75 Å². The first-order valence-corrected chi connectivity index (χ1v) is 6.72. The Morgan fingerprint density at radius 2 is 2.26 bits per heavy atom. The number of carbonyl (C=O) groups is 1. The topological polar surface area (TPSA) is 49.8 Å². The van der Waals surface area contributed by atoms with E-state index >= 15 is 0 Å². The number of hydrogen-bond donors (Lipinski definition) is 1. The van der Waals surface area contributed by atoms with Crippen molar-refractivity contribution in [2.45, 2.75) is 38.8 Å². The Kier molecular flexibility index (Phi) is 4.43. The third-order valence-corrected chi connectivity index (χ3v) is 3.74. The van der Waals surface area contributed by atoms with Crippen LogP contribution in [0, 0.1) is 6.92 Å². The first kappa shape index (κ1) is 13.9. The first-order chi connectivity index (χ1) is 9.11. The largest absolute Gasteiger partial charge is 0.496 e. The second-order valence-corrected chi connectivity index (χ2v) is 5.12. The van der Waals surface area contributed by atoms with Crippen LogP contribution in [0.4, 0.5) is 0 Å². The molecule has 1 aromatic carbocycles. The molecule has 0 radical (unpaired) electrons. The van der Waals surface area contributed by atoms with Crippen LogP contribution in [0.15, 0.2) is 18.2 Å². The van der Waals surface area contributed by atoms with Crippen LogP contribution in [0.1, 0.15) is 30.4 Å². The van der Waals surface area contributed by atoms with Crippen molar-refractivity contribution < 1.29 is 14.6 Å². The summed E-state index contributed by atoms with van der Waals surface area (Å²) in [4.78, 5) is 13.3. The average molecular weight is 263 g/mol. The molecule has 2 rings (SSSR count). The van der Waals surface area contributed by atoms with Crippen LogP contribution in [0.3, 0.4) is 0 Å². The number of carboxylic acids is 1. The Balaban J connectivity index is 2.10. The standard InChI is InChI=1S/C15H21NO3/c1-11-9-12(6-7-14(11)19-2)10-16-8-4-3-5-13(16)15(17)18/h6-7,9,13H,3-5,8,10H2,1-2H3,(H,17,18). The summed E-state index contributed by atoms with van der Waals surface area (Å²) in [6.07, 6.45) is 2.85. The second-order valence-electron chi connectivity index (χ2n) is 5.12. The molecule has 0 aromatic heterocycles. The quantitative estimate of drug-likeness (QED) is 0.906. The van der Waals surface area contributed by atoms with Crippen LogP contribution >= 0.6 is 0 Å². The molecule has 1 aliphatic heterocycles. The van der Waals surface area contributed by atoms with Crippen molar-refractivity contribution in [1.29, 1.82) is 0 Å². The van der Waals surface area contributed by atoms with Gasteiger partial charge in [-0.15, -0.1) is 0 Å². The minimum Gasteiger partial charge on any atom is -0.496 e. The molecule has 1 heterocycles. The minimum atomic E-state index is -0.704. The van der Waals surface area contributed by atoms with Gasteiger partial charge in [0.2, 0.25) is 0 Å². The number of likely N-dealkylation sites (tertiary alicyclic amines) is 1. The molecule has 1 N–H and O–H groups in total. The highest BCUT2D eigenvalue weighted by molar-refractivity contribution is 5.73. The monoisotopic (exact) mass is 263 g/mol. The fraction of sp³-hybridized carbons (Fsp3) is 0.533. The normalized spacial score (nSPS) is 20.2. The molecule has 1 aromatic rings. The van der Waals surface area contributed by atoms with E-state index in [1.165, 1.54) is 0 Å². The second kappa shape index (κ2) is 6.06. The zero-order valence-corrected chi connectivity index (χ0v) is 11.6. The number of piperidine rings is 1. The average Bonchev–Trinajstić information content (AvgIpc) is 2.39. The van der Waals surface area contributed by atoms with E-state index in [1.54, 1.807) is 7.11 Å². The Bertz CT molecular complexity index is 459. The van der Waals surface area contributed by atoms with Gasteiger partial charge in [0.05, 0.1) is 7.11 Å². The van der Waals surface area contributed by atoms with E-state index in [1.807, 2.05) is 19.1 Å². The molecule has 1 aliphatic rings. The Morgan fingerprint density at radius 1 is 1.47 bits per heavy atom. The third kappa shape index (κ3) is 3.26. The van der Waals surface area contributed by atoms with Crippen LogP contribution in [-0.2, 0) is 11.3 Å². The zero-order valence-electron chi connectivity index (χ0n) is 11.6. The summed E-state index contributed by atoms with van der Waals surface area (Å²) in [7, 11) is 1.66. The number of ether oxygens (including phenoxy) is 1. The summed E-state index contributed by atoms with van der Waals surface area (Å²) in [5, 5.41) is 9.26. The molecule has 1 atom stereocenters. The molecule has 4 nitrogen and oxygen atoms in total. The minimum absolute atomic E-state index is 0.337. The maximum absolute atomic E-state index is 11.3. The molecule has 0 amide bonds. The summed E-state index contributed by atoms with van der Waals surface area (Å²) in [5.74, 6) is 0.169. The van der Waals surface area contributed by atoms with Gasteiger partial charge in [0.1, 0.15) is 11.8 Å². The van der Waals surface area contributed by atoms with Gasteiger partial charge in [-0.05, 0) is 43.5 Å². The highest BCUT2D eigenvalue weighted by Crippen LogP contribution is 2.23. The maximum Gasteiger partial charge on any atom is 0.320 e. The lowest BCUT2D eigenvalue weighted by molar-refractivity contribution is -0.144. The van der Waals surface area contributed by atoms with E-state index in [9.17, 15) is 9.90 Å². The van der Waals surface area contributed by atoms with Crippen LogP contribution in [-0.4, -0.2) is 35.7 Å². The van der Waals surface area contributed by atoms with Gasteiger partial charge in [0.15, 0.2) is 0 Å². The van der Waals surface area contributed by atoms with Gasteiger partial charge in [-0.1, -0.05) is 18.6 Å². The molecule has 1 fully saturated rings. The number of carboxylic acid groups (broad SMARTS) is 1. The van der Waals surface area contributed by atoms with E-state index in [0.717, 1.165) is 42.7 Å². The number of aliphatic carboxylic acids is 1. The lowest BCUT2D eigenvalue weighted by atomic mass is 10.0. The SMILES string of the molecule is COc1ccc(CN2CCCCC2C(=O)O)cc1C. The number of nitrogens with zero attached hydrogens (tertiary/aromatic N) is 1. The molecule has 0 saturated carbocycles. The van der Waals surface area contributed by atoms with E-state index in [4.69, 9.17) is 4.74 Å². The van der Waals surface area contributed by atoms with Crippen LogP contribution in [0.25, 0.3) is 0 Å². The number of hydrogen-bond acceptors (Lipinski definition) is 3. The van der Waals surface area contributed by atoms with Gasteiger partial charge in [-0.3, -0.25) is 9.69 Å². The van der Waals surface area contributed by atoms with E-state index in [0.29, 0.717) is 6.54 Å². The predicted molar refractivity (Wildman–Crippen MR) is 73.4 cm³/mol. The summed E-state index contributed by atoms with van der Waals surface area (Å²) < 4.78 is 5.24. The van der Waals surface area contributed by atoms with Crippen molar-refractivity contribution >= 4 is 5.97 Å². The van der Waals surface area contributed by atoms with Gasteiger partial charge in [0, 0.05) is 6.54 Å². The van der Waals surface area contributed by atoms with Crippen molar-refractivity contribution in [1.82, 2.24) is 4.90 Å². The van der Waals surface area contributed by atoms with Crippen molar-refractivity contribution in [3.05, 3.63) is 29.3 Å². The molecule has 19 heavy (non-hydrogen) atoms. The first-order valence-electron chi connectivity index (χ1n) is 6.72. The fourth-order valence-corrected chi connectivity index (χ4v) is 2.73.